The van der Waals surface area contributed by atoms with E-state index in [4.69, 9.17) is 9.05 Å². The Morgan fingerprint density at radius 3 is 2.14 bits per heavy atom. The first-order valence-corrected chi connectivity index (χ1v) is 6.66. The molecule has 0 aliphatic carbocycles. The van der Waals surface area contributed by atoms with Crippen molar-refractivity contribution in [2.24, 2.45) is 5.41 Å². The Hall–Kier alpha value is 0.110. The van der Waals surface area contributed by atoms with Crippen LogP contribution in [-0.2, 0) is 13.6 Å². The largest absolute Gasteiger partial charge is 0.408 e. The number of nitrogens with zero attached hydrogens (tertiary/aromatic N) is 1. The lowest BCUT2D eigenvalue weighted by Crippen LogP contribution is -2.33. The Morgan fingerprint density at radius 2 is 1.64 bits per heavy atom. The Balaban J connectivity index is 2.01. The highest BCUT2D eigenvalue weighted by Crippen LogP contribution is 2.57. The van der Waals surface area contributed by atoms with Gasteiger partial charge in [-0.1, -0.05) is 13.8 Å². The van der Waals surface area contributed by atoms with E-state index >= 15 is 0 Å². The summed E-state index contributed by atoms with van der Waals surface area (Å²) in [5.74, 6) is 0. The molecule has 0 radical (unpaired) electrons. The van der Waals surface area contributed by atoms with Crippen molar-refractivity contribution in [3.63, 3.8) is 0 Å². The summed E-state index contributed by atoms with van der Waals surface area (Å²) < 4.78 is 24.9. The first kappa shape index (κ1) is 10.6. The molecule has 0 aromatic rings. The number of rotatable bonds is 1. The molecule has 2 fully saturated rings. The molecule has 0 spiro atoms. The lowest BCUT2D eigenvalue weighted by molar-refractivity contribution is 0.0235. The van der Waals surface area contributed by atoms with Gasteiger partial charge in [-0.3, -0.25) is 9.05 Å². The third kappa shape index (κ3) is 2.03. The van der Waals surface area contributed by atoms with Gasteiger partial charge in [-0.15, -0.1) is 0 Å². The third-order valence-electron chi connectivity index (χ3n) is 2.67. The van der Waals surface area contributed by atoms with Gasteiger partial charge in [0.05, 0.1) is 13.2 Å². The summed E-state index contributed by atoms with van der Waals surface area (Å²) >= 11 is 0. The summed E-state index contributed by atoms with van der Waals surface area (Å²) in [7, 11) is -2.91. The molecule has 0 bridgehead atoms. The van der Waals surface area contributed by atoms with Gasteiger partial charge in [0.25, 0.3) is 0 Å². The van der Waals surface area contributed by atoms with Gasteiger partial charge < -0.3 is 0 Å². The quantitative estimate of drug-likeness (QED) is 0.634. The molecule has 2 heterocycles. The smallest absolute Gasteiger partial charge is 0.296 e. The summed E-state index contributed by atoms with van der Waals surface area (Å²) in [6, 6.07) is 0. The normalized spacial score (nSPS) is 31.9. The Labute approximate surface area is 85.2 Å². The molecule has 0 saturated carbocycles. The van der Waals surface area contributed by atoms with E-state index in [1.165, 1.54) is 0 Å². The first-order valence-electron chi connectivity index (χ1n) is 5.16. The van der Waals surface area contributed by atoms with E-state index in [1.807, 2.05) is 4.67 Å². The van der Waals surface area contributed by atoms with Crippen LogP contribution in [0.15, 0.2) is 0 Å². The van der Waals surface area contributed by atoms with Crippen LogP contribution in [0.1, 0.15) is 26.7 Å². The van der Waals surface area contributed by atoms with Gasteiger partial charge in [0.2, 0.25) is 0 Å². The molecule has 4 nitrogen and oxygen atoms in total. The van der Waals surface area contributed by atoms with Gasteiger partial charge in [-0.05, 0) is 12.8 Å². The van der Waals surface area contributed by atoms with Crippen molar-refractivity contribution in [3.8, 4) is 0 Å². The van der Waals surface area contributed by atoms with Crippen LogP contribution in [0.25, 0.3) is 0 Å². The first-order chi connectivity index (χ1) is 6.52. The van der Waals surface area contributed by atoms with Gasteiger partial charge in [0.15, 0.2) is 0 Å². The zero-order valence-electron chi connectivity index (χ0n) is 8.86. The summed E-state index contributed by atoms with van der Waals surface area (Å²) in [5.41, 5.74) is -0.00632. The van der Waals surface area contributed by atoms with Crippen molar-refractivity contribution >= 4 is 7.75 Å². The predicted molar refractivity (Wildman–Crippen MR) is 54.1 cm³/mol. The van der Waals surface area contributed by atoms with E-state index in [2.05, 4.69) is 13.8 Å². The highest BCUT2D eigenvalue weighted by molar-refractivity contribution is 7.51. The third-order valence-corrected chi connectivity index (χ3v) is 4.67. The minimum Gasteiger partial charge on any atom is -0.296 e. The van der Waals surface area contributed by atoms with Gasteiger partial charge in [-0.2, -0.15) is 0 Å². The number of hydrogen-bond acceptors (Lipinski definition) is 3. The summed E-state index contributed by atoms with van der Waals surface area (Å²) in [6.07, 6.45) is 2.19. The van der Waals surface area contributed by atoms with Crippen molar-refractivity contribution in [1.82, 2.24) is 4.67 Å². The second kappa shape index (κ2) is 3.60. The molecule has 0 unspecified atom stereocenters. The molecule has 0 aromatic carbocycles. The maximum atomic E-state index is 12.2. The highest BCUT2D eigenvalue weighted by atomic mass is 31.2. The van der Waals surface area contributed by atoms with Crippen molar-refractivity contribution in [2.75, 3.05) is 26.3 Å². The molecule has 0 atom stereocenters. The van der Waals surface area contributed by atoms with Crippen LogP contribution >= 0.6 is 7.75 Å². The zero-order valence-corrected chi connectivity index (χ0v) is 9.76. The van der Waals surface area contributed by atoms with E-state index in [0.29, 0.717) is 13.2 Å². The SMILES string of the molecule is CC1(C)COP(=O)(N2CCCC2)OC1. The zero-order chi connectivity index (χ0) is 10.2. The van der Waals surface area contributed by atoms with Gasteiger partial charge >= 0.3 is 7.75 Å². The van der Waals surface area contributed by atoms with E-state index in [-0.39, 0.29) is 5.41 Å². The second-order valence-corrected chi connectivity index (χ2v) is 6.86. The van der Waals surface area contributed by atoms with E-state index in [1.54, 1.807) is 0 Å². The minimum atomic E-state index is -2.91. The molecule has 2 saturated heterocycles. The molecule has 14 heavy (non-hydrogen) atoms. The van der Waals surface area contributed by atoms with Gasteiger partial charge in [0.1, 0.15) is 0 Å². The van der Waals surface area contributed by atoms with Crippen LogP contribution in [-0.4, -0.2) is 31.0 Å². The average molecular weight is 219 g/mol. The van der Waals surface area contributed by atoms with E-state index < -0.39 is 7.75 Å². The monoisotopic (exact) mass is 219 g/mol. The predicted octanol–water partition coefficient (Wildman–Crippen LogP) is 2.26. The molecule has 2 aliphatic heterocycles. The van der Waals surface area contributed by atoms with Crippen molar-refractivity contribution in [1.29, 1.82) is 0 Å². The molecule has 5 heteroatoms. The topological polar surface area (TPSA) is 38.8 Å². The lowest BCUT2D eigenvalue weighted by Gasteiger charge is -2.37. The van der Waals surface area contributed by atoms with Crippen LogP contribution in [0.3, 0.4) is 0 Å². The molecule has 2 aliphatic rings. The Bertz CT molecular complexity index is 247. The van der Waals surface area contributed by atoms with Crippen LogP contribution in [0.5, 0.6) is 0 Å². The number of hydrogen-bond donors (Lipinski definition) is 0. The fourth-order valence-corrected chi connectivity index (χ4v) is 3.90. The van der Waals surface area contributed by atoms with Gasteiger partial charge in [0, 0.05) is 18.5 Å². The standard InChI is InChI=1S/C9H18NO3P/c1-9(2)7-12-14(11,13-8-9)10-5-3-4-6-10/h3-8H2,1-2H3. The summed E-state index contributed by atoms with van der Waals surface area (Å²) in [4.78, 5) is 0. The maximum absolute atomic E-state index is 12.2. The summed E-state index contributed by atoms with van der Waals surface area (Å²) in [6.45, 7) is 6.86. The Morgan fingerprint density at radius 1 is 1.14 bits per heavy atom. The van der Waals surface area contributed by atoms with Crippen LogP contribution in [0, 0.1) is 5.41 Å². The van der Waals surface area contributed by atoms with Gasteiger partial charge in [-0.25, -0.2) is 9.24 Å². The minimum absolute atomic E-state index is 0.00632. The molecule has 0 aromatic heterocycles. The second-order valence-electron chi connectivity index (χ2n) is 4.84. The Kier molecular flexibility index (Phi) is 2.73. The lowest BCUT2D eigenvalue weighted by atomic mass is 9.97. The average Bonchev–Trinajstić information content (AvgIpc) is 2.64. The van der Waals surface area contributed by atoms with Crippen molar-refractivity contribution < 1.29 is 13.6 Å². The van der Waals surface area contributed by atoms with E-state index in [0.717, 1.165) is 25.9 Å². The van der Waals surface area contributed by atoms with E-state index in [9.17, 15) is 4.57 Å². The van der Waals surface area contributed by atoms with Crippen molar-refractivity contribution in [3.05, 3.63) is 0 Å². The fraction of sp³-hybridized carbons (Fsp3) is 1.00. The maximum Gasteiger partial charge on any atom is 0.408 e. The molecule has 82 valence electrons. The van der Waals surface area contributed by atoms with Crippen LogP contribution in [0.4, 0.5) is 0 Å². The molecular formula is C9H18NO3P. The molecule has 0 amide bonds. The molecule has 0 N–H and O–H groups in total. The summed E-state index contributed by atoms with van der Waals surface area (Å²) in [5, 5.41) is 0. The van der Waals surface area contributed by atoms with Crippen LogP contribution < -0.4 is 0 Å². The van der Waals surface area contributed by atoms with Crippen molar-refractivity contribution in [2.45, 2.75) is 26.7 Å². The molecule has 2 rings (SSSR count). The highest BCUT2D eigenvalue weighted by Gasteiger charge is 2.42. The fourth-order valence-electron chi connectivity index (χ4n) is 1.70. The molecular weight excluding hydrogens is 201 g/mol. The van der Waals surface area contributed by atoms with Crippen LogP contribution in [0.2, 0.25) is 0 Å².